The van der Waals surface area contributed by atoms with Crippen LogP contribution in [0, 0.1) is 0 Å². The summed E-state index contributed by atoms with van der Waals surface area (Å²) in [7, 11) is 0. The lowest BCUT2D eigenvalue weighted by Crippen LogP contribution is -2.26. The van der Waals surface area contributed by atoms with Gasteiger partial charge in [-0.25, -0.2) is 9.78 Å². The molecule has 1 aromatic heterocycles. The molecule has 1 aromatic carbocycles. The maximum absolute atomic E-state index is 12.0. The minimum atomic E-state index is -4.36. The zero-order valence-electron chi connectivity index (χ0n) is 10.8. The molecular formula is C13H12F3N3O2. The van der Waals surface area contributed by atoms with Crippen molar-refractivity contribution in [2.45, 2.75) is 12.7 Å². The predicted octanol–water partition coefficient (Wildman–Crippen LogP) is 2.58. The third-order valence-corrected chi connectivity index (χ3v) is 2.51. The Morgan fingerprint density at radius 2 is 2.00 bits per heavy atom. The van der Waals surface area contributed by atoms with Crippen molar-refractivity contribution in [1.29, 1.82) is 0 Å². The molecule has 1 N–H and O–H groups in total. The number of rotatable bonds is 4. The number of alkyl halides is 3. The van der Waals surface area contributed by atoms with Gasteiger partial charge in [-0.1, -0.05) is 12.1 Å². The smallest absolute Gasteiger partial charge is 0.422 e. The molecule has 0 saturated heterocycles. The average molecular weight is 299 g/mol. The van der Waals surface area contributed by atoms with E-state index in [1.165, 1.54) is 35.4 Å². The summed E-state index contributed by atoms with van der Waals surface area (Å²) in [5.41, 5.74) is 0.739. The molecule has 5 nitrogen and oxygen atoms in total. The second kappa shape index (κ2) is 6.29. The molecule has 1 heterocycles. The lowest BCUT2D eigenvalue weighted by Gasteiger charge is -2.10. The second-order valence-corrected chi connectivity index (χ2v) is 4.18. The molecule has 0 radical (unpaired) electrons. The first-order valence-electron chi connectivity index (χ1n) is 5.99. The molecule has 0 fully saturated rings. The number of hydrogen-bond donors (Lipinski definition) is 1. The Morgan fingerprint density at radius 3 is 2.57 bits per heavy atom. The van der Waals surface area contributed by atoms with Gasteiger partial charge < -0.3 is 10.1 Å². The van der Waals surface area contributed by atoms with Crippen molar-refractivity contribution in [1.82, 2.24) is 14.9 Å². The van der Waals surface area contributed by atoms with Crippen molar-refractivity contribution >= 4 is 6.03 Å². The predicted molar refractivity (Wildman–Crippen MR) is 67.9 cm³/mol. The monoisotopic (exact) mass is 299 g/mol. The van der Waals surface area contributed by atoms with Crippen LogP contribution >= 0.6 is 0 Å². The number of benzene rings is 1. The number of amides is 1. The van der Waals surface area contributed by atoms with E-state index in [1.54, 1.807) is 12.1 Å². The fraction of sp³-hybridized carbons (Fsp3) is 0.231. The first-order chi connectivity index (χ1) is 9.94. The third kappa shape index (κ3) is 4.83. The topological polar surface area (TPSA) is 56.1 Å². The fourth-order valence-corrected chi connectivity index (χ4v) is 1.52. The Bertz CT molecular complexity index is 580. The number of nitrogens with zero attached hydrogens (tertiary/aromatic N) is 2. The van der Waals surface area contributed by atoms with Gasteiger partial charge in [-0.05, 0) is 17.7 Å². The molecular weight excluding hydrogens is 287 g/mol. The molecule has 0 aliphatic heterocycles. The van der Waals surface area contributed by atoms with Gasteiger partial charge in [0.05, 0.1) is 0 Å². The van der Waals surface area contributed by atoms with Crippen LogP contribution in [0.3, 0.4) is 0 Å². The summed E-state index contributed by atoms with van der Waals surface area (Å²) < 4.78 is 41.8. The van der Waals surface area contributed by atoms with Crippen LogP contribution in [0.2, 0.25) is 0 Å². The summed E-state index contributed by atoms with van der Waals surface area (Å²) in [6, 6.07) is 5.67. The van der Waals surface area contributed by atoms with Gasteiger partial charge in [0.25, 0.3) is 0 Å². The van der Waals surface area contributed by atoms with Gasteiger partial charge in [0.1, 0.15) is 12.1 Å². The average Bonchev–Trinajstić information content (AvgIpc) is 2.97. The molecule has 0 aliphatic carbocycles. The molecule has 112 valence electrons. The van der Waals surface area contributed by atoms with E-state index in [2.05, 4.69) is 15.0 Å². The van der Waals surface area contributed by atoms with Crippen molar-refractivity contribution in [2.24, 2.45) is 0 Å². The molecule has 0 atom stereocenters. The van der Waals surface area contributed by atoms with Crippen molar-refractivity contribution in [2.75, 3.05) is 6.61 Å². The normalized spacial score (nSPS) is 11.2. The van der Waals surface area contributed by atoms with E-state index in [0.29, 0.717) is 0 Å². The molecule has 0 spiro atoms. The van der Waals surface area contributed by atoms with Crippen molar-refractivity contribution < 1.29 is 22.7 Å². The number of halogens is 3. The van der Waals surface area contributed by atoms with E-state index in [-0.39, 0.29) is 18.3 Å². The van der Waals surface area contributed by atoms with Crippen LogP contribution in [-0.2, 0) is 6.54 Å². The highest BCUT2D eigenvalue weighted by Gasteiger charge is 2.28. The molecule has 0 aliphatic rings. The number of nitrogens with one attached hydrogen (secondary N) is 1. The van der Waals surface area contributed by atoms with Gasteiger partial charge >= 0.3 is 12.2 Å². The number of ether oxygens (including phenoxy) is 1. The van der Waals surface area contributed by atoms with Gasteiger partial charge in [0.2, 0.25) is 0 Å². The Hall–Kier alpha value is -2.51. The fourth-order valence-electron chi connectivity index (χ4n) is 1.52. The Balaban J connectivity index is 1.84. The largest absolute Gasteiger partial charge is 0.484 e. The van der Waals surface area contributed by atoms with Gasteiger partial charge in [-0.3, -0.25) is 4.57 Å². The van der Waals surface area contributed by atoms with Crippen LogP contribution in [0.5, 0.6) is 5.75 Å². The first-order valence-corrected chi connectivity index (χ1v) is 5.99. The van der Waals surface area contributed by atoms with Crippen molar-refractivity contribution in [3.63, 3.8) is 0 Å². The van der Waals surface area contributed by atoms with E-state index in [0.717, 1.165) is 5.56 Å². The van der Waals surface area contributed by atoms with E-state index in [4.69, 9.17) is 0 Å². The summed E-state index contributed by atoms with van der Waals surface area (Å²) in [5.74, 6) is 0.122. The van der Waals surface area contributed by atoms with Gasteiger partial charge in [0.15, 0.2) is 6.61 Å². The highest BCUT2D eigenvalue weighted by Crippen LogP contribution is 2.18. The lowest BCUT2D eigenvalue weighted by atomic mass is 10.2. The van der Waals surface area contributed by atoms with Crippen LogP contribution < -0.4 is 10.1 Å². The van der Waals surface area contributed by atoms with Crippen LogP contribution in [-0.4, -0.2) is 28.4 Å². The molecule has 0 saturated carbocycles. The molecule has 0 unspecified atom stereocenters. The molecule has 8 heteroatoms. The Kier molecular flexibility index (Phi) is 4.46. The zero-order chi connectivity index (χ0) is 15.3. The summed E-state index contributed by atoms with van der Waals surface area (Å²) in [5, 5.41) is 2.64. The summed E-state index contributed by atoms with van der Waals surface area (Å²) >= 11 is 0. The van der Waals surface area contributed by atoms with Crippen LogP contribution in [0.15, 0.2) is 43.0 Å². The number of imidazole rings is 1. The van der Waals surface area contributed by atoms with Crippen molar-refractivity contribution in [3.8, 4) is 5.75 Å². The maximum Gasteiger partial charge on any atom is 0.422 e. The molecule has 1 amide bonds. The van der Waals surface area contributed by atoms with Crippen LogP contribution in [0.4, 0.5) is 18.0 Å². The Labute approximate surface area is 118 Å². The number of hydrogen-bond acceptors (Lipinski definition) is 3. The molecule has 2 rings (SSSR count). The number of carbonyl (C=O) groups is 1. The van der Waals surface area contributed by atoms with Gasteiger partial charge in [-0.2, -0.15) is 13.2 Å². The minimum Gasteiger partial charge on any atom is -0.484 e. The van der Waals surface area contributed by atoms with E-state index in [1.807, 2.05) is 0 Å². The molecule has 2 aromatic rings. The standard InChI is InChI=1S/C13H12F3N3O2/c14-13(15,16)8-21-11-3-1-10(2-4-11)7-18-12(20)19-6-5-17-9-19/h1-6,9H,7-8H2,(H,18,20). The highest BCUT2D eigenvalue weighted by molar-refractivity contribution is 5.76. The summed E-state index contributed by atoms with van der Waals surface area (Å²) in [6.45, 7) is -1.08. The van der Waals surface area contributed by atoms with E-state index >= 15 is 0 Å². The number of aromatic nitrogens is 2. The molecule has 0 bridgehead atoms. The van der Waals surface area contributed by atoms with E-state index < -0.39 is 12.8 Å². The zero-order valence-corrected chi connectivity index (χ0v) is 10.8. The lowest BCUT2D eigenvalue weighted by molar-refractivity contribution is -0.153. The van der Waals surface area contributed by atoms with Crippen molar-refractivity contribution in [3.05, 3.63) is 48.5 Å². The quantitative estimate of drug-likeness (QED) is 0.944. The SMILES string of the molecule is O=C(NCc1ccc(OCC(F)(F)F)cc1)n1ccnc1. The molecule has 21 heavy (non-hydrogen) atoms. The van der Waals surface area contributed by atoms with Crippen LogP contribution in [0.1, 0.15) is 5.56 Å². The second-order valence-electron chi connectivity index (χ2n) is 4.18. The van der Waals surface area contributed by atoms with Gasteiger partial charge in [0, 0.05) is 18.9 Å². The van der Waals surface area contributed by atoms with Gasteiger partial charge in [-0.15, -0.1) is 0 Å². The summed E-state index contributed by atoms with van der Waals surface area (Å²) in [4.78, 5) is 15.4. The minimum absolute atomic E-state index is 0.122. The first kappa shape index (κ1) is 14.9. The van der Waals surface area contributed by atoms with E-state index in [9.17, 15) is 18.0 Å². The van der Waals surface area contributed by atoms with Crippen LogP contribution in [0.25, 0.3) is 0 Å². The Morgan fingerprint density at radius 1 is 1.29 bits per heavy atom. The highest BCUT2D eigenvalue weighted by atomic mass is 19.4. The third-order valence-electron chi connectivity index (χ3n) is 2.51. The summed E-state index contributed by atoms with van der Waals surface area (Å²) in [6.07, 6.45) is -0.0172. The maximum atomic E-state index is 12.0. The number of carbonyl (C=O) groups excluding carboxylic acids is 1.